The monoisotopic (exact) mass is 706 g/mol. The van der Waals surface area contributed by atoms with Crippen molar-refractivity contribution in [1.82, 2.24) is 9.88 Å². The number of carbonyl (C=O) groups is 2. The number of benzene rings is 2. The van der Waals surface area contributed by atoms with Crippen molar-refractivity contribution < 1.29 is 37.7 Å². The number of nitrogens with zero attached hydrogens (tertiary/aromatic N) is 4. The fraction of sp³-hybridized carbons (Fsp3) is 0.486. The average molecular weight is 707 g/mol. The molecule has 0 N–H and O–H groups in total. The van der Waals surface area contributed by atoms with Gasteiger partial charge in [0.2, 0.25) is 5.79 Å². The highest BCUT2D eigenvalue weighted by Gasteiger charge is 2.50. The fourth-order valence-electron chi connectivity index (χ4n) is 7.71. The van der Waals surface area contributed by atoms with Gasteiger partial charge in [0.15, 0.2) is 6.73 Å². The minimum absolute atomic E-state index is 0.0219. The molecule has 5 aliphatic heterocycles. The summed E-state index contributed by atoms with van der Waals surface area (Å²) in [5.41, 5.74) is 3.12. The standard InChI is InChI=1S/C37H40ClFN4O7/c1-21-32(28(38)12-31(40-21)42-16-37(17-42)49-18-36(2,3)19-50-37)34(44)41-13-22-6-5-7-25(33(22)48-20-41)26-11-30(27(10-29(26)39)35(45)46-4)43-23-8-9-24(43)15-47-14-23/h5-7,10-12,23-24H,8-9,13-20H2,1-4H3. The molecular weight excluding hydrogens is 667 g/mol. The molecule has 8 rings (SSSR count). The average Bonchev–Trinajstić information content (AvgIpc) is 3.32. The van der Waals surface area contributed by atoms with Gasteiger partial charge in [0, 0.05) is 28.2 Å². The minimum atomic E-state index is -0.639. The molecule has 2 unspecified atom stereocenters. The number of fused-ring (bicyclic) bond motifs is 3. The summed E-state index contributed by atoms with van der Waals surface area (Å²) in [4.78, 5) is 37.2. The molecule has 3 aromatic rings. The van der Waals surface area contributed by atoms with Crippen LogP contribution in [-0.2, 0) is 25.5 Å². The SMILES string of the molecule is COC(=O)c1cc(F)c(-c2cccc3c2OCN(C(=O)c2c(Cl)cc(N4CC5(C4)OCC(C)(C)CO5)nc2C)C3)cc1N1C2CCC1COC2. The first-order chi connectivity index (χ1) is 24.0. The molecule has 50 heavy (non-hydrogen) atoms. The highest BCUT2D eigenvalue weighted by atomic mass is 35.5. The van der Waals surface area contributed by atoms with Crippen molar-refractivity contribution >= 4 is 35.0 Å². The third kappa shape index (κ3) is 5.66. The Labute approximate surface area is 295 Å². The van der Waals surface area contributed by atoms with Crippen LogP contribution in [0.5, 0.6) is 5.75 Å². The molecule has 2 aromatic carbocycles. The van der Waals surface area contributed by atoms with Crippen molar-refractivity contribution in [2.45, 2.75) is 58.0 Å². The molecule has 4 fully saturated rings. The van der Waals surface area contributed by atoms with E-state index in [4.69, 9.17) is 40.3 Å². The van der Waals surface area contributed by atoms with Crippen molar-refractivity contribution in [3.63, 3.8) is 0 Å². The molecule has 0 radical (unpaired) electrons. The largest absolute Gasteiger partial charge is 0.472 e. The lowest BCUT2D eigenvalue weighted by atomic mass is 9.93. The van der Waals surface area contributed by atoms with Gasteiger partial charge in [-0.15, -0.1) is 0 Å². The van der Waals surface area contributed by atoms with Gasteiger partial charge in [-0.05, 0) is 31.9 Å². The summed E-state index contributed by atoms with van der Waals surface area (Å²) in [7, 11) is 1.29. The predicted octanol–water partition coefficient (Wildman–Crippen LogP) is 5.59. The summed E-state index contributed by atoms with van der Waals surface area (Å²) in [6, 6.07) is 10.3. The zero-order chi connectivity index (χ0) is 34.9. The van der Waals surface area contributed by atoms with E-state index in [9.17, 15) is 9.59 Å². The molecule has 6 heterocycles. The Hall–Kier alpha value is -3.97. The maximum atomic E-state index is 15.9. The van der Waals surface area contributed by atoms with E-state index in [0.29, 0.717) is 89.7 Å². The van der Waals surface area contributed by atoms with Crippen LogP contribution in [-0.4, -0.2) is 93.0 Å². The number of aryl methyl sites for hydroxylation is 1. The van der Waals surface area contributed by atoms with Crippen LogP contribution >= 0.6 is 11.6 Å². The topological polar surface area (TPSA) is 103 Å². The second-order valence-corrected chi connectivity index (χ2v) is 15.1. The molecule has 13 heteroatoms. The van der Waals surface area contributed by atoms with Crippen LogP contribution in [0.3, 0.4) is 0 Å². The van der Waals surface area contributed by atoms with Crippen molar-refractivity contribution in [2.24, 2.45) is 5.41 Å². The van der Waals surface area contributed by atoms with Crippen LogP contribution < -0.4 is 14.5 Å². The second-order valence-electron chi connectivity index (χ2n) is 14.7. The smallest absolute Gasteiger partial charge is 0.340 e. The number of aromatic nitrogens is 1. The molecule has 5 aliphatic rings. The lowest BCUT2D eigenvalue weighted by Gasteiger charge is -2.53. The van der Waals surface area contributed by atoms with Crippen molar-refractivity contribution in [3.8, 4) is 16.9 Å². The zero-order valence-electron chi connectivity index (χ0n) is 28.6. The molecule has 4 saturated heterocycles. The van der Waals surface area contributed by atoms with Gasteiger partial charge in [-0.25, -0.2) is 14.2 Å². The molecule has 0 saturated carbocycles. The lowest BCUT2D eigenvalue weighted by Crippen LogP contribution is -2.68. The summed E-state index contributed by atoms with van der Waals surface area (Å²) < 4.78 is 45.1. The molecule has 1 amide bonds. The van der Waals surface area contributed by atoms with Crippen LogP contribution in [0.15, 0.2) is 36.4 Å². The van der Waals surface area contributed by atoms with Crippen LogP contribution in [0.25, 0.3) is 11.1 Å². The van der Waals surface area contributed by atoms with Gasteiger partial charge in [0.05, 0.1) is 92.8 Å². The van der Waals surface area contributed by atoms with Gasteiger partial charge in [0.1, 0.15) is 17.4 Å². The number of esters is 1. The summed E-state index contributed by atoms with van der Waals surface area (Å²) in [5.74, 6) is -0.991. The Morgan fingerprint density at radius 2 is 1.76 bits per heavy atom. The number of ether oxygens (including phenoxy) is 5. The maximum Gasteiger partial charge on any atom is 0.340 e. The minimum Gasteiger partial charge on any atom is -0.472 e. The Morgan fingerprint density at radius 3 is 2.44 bits per heavy atom. The lowest BCUT2D eigenvalue weighted by molar-refractivity contribution is -0.307. The summed E-state index contributed by atoms with van der Waals surface area (Å²) >= 11 is 6.76. The van der Waals surface area contributed by atoms with Crippen molar-refractivity contribution in [3.05, 3.63) is 69.6 Å². The number of methoxy groups -OCH3 is 1. The van der Waals surface area contributed by atoms with E-state index < -0.39 is 17.6 Å². The van der Waals surface area contributed by atoms with Gasteiger partial charge < -0.3 is 38.4 Å². The van der Waals surface area contributed by atoms with Gasteiger partial charge in [-0.1, -0.05) is 43.6 Å². The normalized spacial score (nSPS) is 23.3. The van der Waals surface area contributed by atoms with Crippen molar-refractivity contribution in [1.29, 1.82) is 0 Å². The third-order valence-electron chi connectivity index (χ3n) is 10.4. The number of hydrogen-bond acceptors (Lipinski definition) is 10. The van der Waals surface area contributed by atoms with E-state index >= 15 is 4.39 Å². The molecule has 1 aromatic heterocycles. The number of rotatable bonds is 5. The fourth-order valence-corrected chi connectivity index (χ4v) is 8.02. The maximum absolute atomic E-state index is 15.9. The molecular formula is C37H40ClFN4O7. The first-order valence-electron chi connectivity index (χ1n) is 17.0. The molecule has 2 bridgehead atoms. The van der Waals surface area contributed by atoms with E-state index in [-0.39, 0.29) is 42.2 Å². The van der Waals surface area contributed by atoms with Gasteiger partial charge in [-0.3, -0.25) is 4.79 Å². The molecule has 0 aliphatic carbocycles. The Kier molecular flexibility index (Phi) is 8.21. The summed E-state index contributed by atoms with van der Waals surface area (Å²) in [6.45, 7) is 9.53. The molecule has 11 nitrogen and oxygen atoms in total. The zero-order valence-corrected chi connectivity index (χ0v) is 29.3. The van der Waals surface area contributed by atoms with Crippen LogP contribution in [0, 0.1) is 18.2 Å². The van der Waals surface area contributed by atoms with E-state index in [2.05, 4.69) is 18.7 Å². The number of halogens is 2. The third-order valence-corrected chi connectivity index (χ3v) is 10.7. The van der Waals surface area contributed by atoms with E-state index in [1.54, 1.807) is 30.0 Å². The summed E-state index contributed by atoms with van der Waals surface area (Å²) in [6.07, 6.45) is 1.85. The number of hydrogen-bond donors (Lipinski definition) is 0. The second kappa shape index (κ2) is 12.4. The van der Waals surface area contributed by atoms with E-state index in [1.807, 2.05) is 17.0 Å². The van der Waals surface area contributed by atoms with E-state index in [1.165, 1.54) is 13.2 Å². The predicted molar refractivity (Wildman–Crippen MR) is 183 cm³/mol. The van der Waals surface area contributed by atoms with Crippen LogP contribution in [0.2, 0.25) is 5.02 Å². The van der Waals surface area contributed by atoms with Crippen LogP contribution in [0.4, 0.5) is 15.9 Å². The molecule has 2 atom stereocenters. The van der Waals surface area contributed by atoms with Gasteiger partial charge in [-0.2, -0.15) is 0 Å². The molecule has 264 valence electrons. The summed E-state index contributed by atoms with van der Waals surface area (Å²) in [5, 5.41) is 0.294. The number of morpholine rings is 1. The van der Waals surface area contributed by atoms with Gasteiger partial charge in [0.25, 0.3) is 5.91 Å². The first-order valence-corrected chi connectivity index (χ1v) is 17.4. The molecule has 1 spiro atoms. The van der Waals surface area contributed by atoms with Crippen LogP contribution in [0.1, 0.15) is 58.7 Å². The van der Waals surface area contributed by atoms with Crippen molar-refractivity contribution in [2.75, 3.05) is 63.2 Å². The Balaban J connectivity index is 1.03. The number of amides is 1. The first kappa shape index (κ1) is 33.2. The highest BCUT2D eigenvalue weighted by molar-refractivity contribution is 6.34. The number of carbonyl (C=O) groups excluding carboxylic acids is 2. The number of pyridine rings is 1. The number of para-hydroxylation sites is 1. The Morgan fingerprint density at radius 1 is 1.04 bits per heavy atom. The highest BCUT2D eigenvalue weighted by Crippen LogP contribution is 2.44. The van der Waals surface area contributed by atoms with E-state index in [0.717, 1.165) is 12.8 Å². The van der Waals surface area contributed by atoms with Gasteiger partial charge >= 0.3 is 5.97 Å². The quantitative estimate of drug-likeness (QED) is 0.312. The number of anilines is 2. The Bertz CT molecular complexity index is 1830.